The number of aromatic nitrogens is 2. The predicted molar refractivity (Wildman–Crippen MR) is 106 cm³/mol. The van der Waals surface area contributed by atoms with Crippen molar-refractivity contribution in [1.29, 1.82) is 0 Å². The number of hydrogen-bond donors (Lipinski definition) is 0. The first-order valence-corrected chi connectivity index (χ1v) is 9.47. The standard InChI is InChI=1S/C21H22N4O3/c1-15-17(5-4-8-19(15)25(27)28)21(26)23-11-9-16(10-12-23)13-24-14-22-18-6-2-3-7-20(18)24/h2-8,14,16H,9-13H2,1H3. The zero-order valence-corrected chi connectivity index (χ0v) is 15.7. The fourth-order valence-electron chi connectivity index (χ4n) is 3.98. The third kappa shape index (κ3) is 3.35. The molecule has 0 bridgehead atoms. The summed E-state index contributed by atoms with van der Waals surface area (Å²) in [6.07, 6.45) is 3.70. The lowest BCUT2D eigenvalue weighted by atomic mass is 9.95. The third-order valence-electron chi connectivity index (χ3n) is 5.62. The number of imidazole rings is 1. The Morgan fingerprint density at radius 2 is 1.93 bits per heavy atom. The van der Waals surface area contributed by atoms with E-state index in [0.717, 1.165) is 30.4 Å². The summed E-state index contributed by atoms with van der Waals surface area (Å²) < 4.78 is 2.18. The van der Waals surface area contributed by atoms with Gasteiger partial charge in [0.2, 0.25) is 0 Å². The van der Waals surface area contributed by atoms with Crippen LogP contribution in [0.2, 0.25) is 0 Å². The van der Waals surface area contributed by atoms with Crippen LogP contribution in [0.5, 0.6) is 0 Å². The zero-order chi connectivity index (χ0) is 19.7. The van der Waals surface area contributed by atoms with Gasteiger partial charge in [-0.2, -0.15) is 0 Å². The van der Waals surface area contributed by atoms with E-state index in [1.807, 2.05) is 29.4 Å². The Labute approximate surface area is 162 Å². The van der Waals surface area contributed by atoms with Crippen LogP contribution in [0.15, 0.2) is 48.8 Å². The molecule has 2 aromatic carbocycles. The maximum atomic E-state index is 12.9. The van der Waals surface area contributed by atoms with E-state index in [0.29, 0.717) is 30.1 Å². The molecular formula is C21H22N4O3. The SMILES string of the molecule is Cc1c(C(=O)N2CCC(Cn3cnc4ccccc43)CC2)cccc1[N+](=O)[O-]. The molecule has 7 nitrogen and oxygen atoms in total. The van der Waals surface area contributed by atoms with Crippen molar-refractivity contribution < 1.29 is 9.72 Å². The van der Waals surface area contributed by atoms with Gasteiger partial charge >= 0.3 is 0 Å². The Hall–Kier alpha value is -3.22. The molecule has 4 rings (SSSR count). The molecule has 0 saturated carbocycles. The molecule has 0 unspecified atom stereocenters. The number of nitrogens with zero attached hydrogens (tertiary/aromatic N) is 4. The Kier molecular flexibility index (Phi) is 4.81. The highest BCUT2D eigenvalue weighted by molar-refractivity contribution is 5.96. The van der Waals surface area contributed by atoms with Crippen molar-refractivity contribution in [1.82, 2.24) is 14.5 Å². The quantitative estimate of drug-likeness (QED) is 0.511. The van der Waals surface area contributed by atoms with Crippen molar-refractivity contribution >= 4 is 22.6 Å². The van der Waals surface area contributed by atoms with Crippen molar-refractivity contribution in [2.45, 2.75) is 26.3 Å². The predicted octanol–water partition coefficient (Wildman–Crippen LogP) is 3.81. The number of likely N-dealkylation sites (tertiary alicyclic amines) is 1. The van der Waals surface area contributed by atoms with E-state index in [-0.39, 0.29) is 11.6 Å². The normalized spacial score (nSPS) is 15.1. The van der Waals surface area contributed by atoms with E-state index in [1.165, 1.54) is 6.07 Å². The number of fused-ring (bicyclic) bond motifs is 1. The summed E-state index contributed by atoms with van der Waals surface area (Å²) in [5, 5.41) is 11.1. The number of benzene rings is 2. The maximum absolute atomic E-state index is 12.9. The molecular weight excluding hydrogens is 356 g/mol. The second kappa shape index (κ2) is 7.42. The van der Waals surface area contributed by atoms with Gasteiger partial charge in [0.15, 0.2) is 0 Å². The van der Waals surface area contributed by atoms with Gasteiger partial charge in [-0.25, -0.2) is 4.98 Å². The van der Waals surface area contributed by atoms with Crippen LogP contribution in [0, 0.1) is 23.0 Å². The summed E-state index contributed by atoms with van der Waals surface area (Å²) in [7, 11) is 0. The number of piperidine rings is 1. The highest BCUT2D eigenvalue weighted by Gasteiger charge is 2.27. The molecule has 1 aliphatic rings. The van der Waals surface area contributed by atoms with Gasteiger partial charge in [-0.15, -0.1) is 0 Å². The van der Waals surface area contributed by atoms with Crippen molar-refractivity contribution in [3.63, 3.8) is 0 Å². The third-order valence-corrected chi connectivity index (χ3v) is 5.62. The molecule has 0 N–H and O–H groups in total. The molecule has 1 saturated heterocycles. The first-order valence-electron chi connectivity index (χ1n) is 9.47. The second-order valence-electron chi connectivity index (χ2n) is 7.33. The van der Waals surface area contributed by atoms with Gasteiger partial charge in [0.1, 0.15) is 0 Å². The van der Waals surface area contributed by atoms with Crippen LogP contribution in [0.4, 0.5) is 5.69 Å². The molecule has 0 atom stereocenters. The Bertz CT molecular complexity index is 1040. The van der Waals surface area contributed by atoms with Gasteiger partial charge in [0.25, 0.3) is 11.6 Å². The van der Waals surface area contributed by atoms with E-state index in [9.17, 15) is 14.9 Å². The Morgan fingerprint density at radius 3 is 2.68 bits per heavy atom. The van der Waals surface area contributed by atoms with Gasteiger partial charge < -0.3 is 9.47 Å². The molecule has 0 radical (unpaired) electrons. The van der Waals surface area contributed by atoms with Gasteiger partial charge in [-0.3, -0.25) is 14.9 Å². The average Bonchev–Trinajstić information content (AvgIpc) is 3.11. The lowest BCUT2D eigenvalue weighted by Gasteiger charge is -2.32. The number of para-hydroxylation sites is 2. The summed E-state index contributed by atoms with van der Waals surface area (Å²) in [6, 6.07) is 12.8. The lowest BCUT2D eigenvalue weighted by molar-refractivity contribution is -0.385. The monoisotopic (exact) mass is 378 g/mol. The number of carbonyl (C=O) groups excluding carboxylic acids is 1. The summed E-state index contributed by atoms with van der Waals surface area (Å²) >= 11 is 0. The molecule has 7 heteroatoms. The van der Waals surface area contributed by atoms with Gasteiger partial charge in [0.05, 0.1) is 22.3 Å². The van der Waals surface area contributed by atoms with Crippen molar-refractivity contribution in [2.24, 2.45) is 5.92 Å². The van der Waals surface area contributed by atoms with Gasteiger partial charge in [0, 0.05) is 36.8 Å². The summed E-state index contributed by atoms with van der Waals surface area (Å²) in [5.74, 6) is 0.362. The Morgan fingerprint density at radius 1 is 1.18 bits per heavy atom. The van der Waals surface area contributed by atoms with Crippen LogP contribution in [0.1, 0.15) is 28.8 Å². The highest BCUT2D eigenvalue weighted by atomic mass is 16.6. The minimum absolute atomic E-state index is 0.00674. The number of nitro groups is 1. The first-order chi connectivity index (χ1) is 13.5. The fraction of sp³-hybridized carbons (Fsp3) is 0.333. The number of rotatable bonds is 4. The molecule has 28 heavy (non-hydrogen) atoms. The van der Waals surface area contributed by atoms with E-state index in [1.54, 1.807) is 19.1 Å². The molecule has 1 fully saturated rings. The molecule has 1 amide bonds. The van der Waals surface area contributed by atoms with Crippen LogP contribution in [-0.2, 0) is 6.54 Å². The summed E-state index contributed by atoms with van der Waals surface area (Å²) in [6.45, 7) is 3.86. The van der Waals surface area contributed by atoms with Crippen LogP contribution in [0.25, 0.3) is 11.0 Å². The topological polar surface area (TPSA) is 81.3 Å². The number of carbonyl (C=O) groups is 1. The second-order valence-corrected chi connectivity index (χ2v) is 7.33. The highest BCUT2D eigenvalue weighted by Crippen LogP contribution is 2.26. The fourth-order valence-corrected chi connectivity index (χ4v) is 3.98. The van der Waals surface area contributed by atoms with Crippen molar-refractivity contribution in [3.05, 3.63) is 70.0 Å². The average molecular weight is 378 g/mol. The number of hydrogen-bond acceptors (Lipinski definition) is 4. The van der Waals surface area contributed by atoms with Crippen LogP contribution in [-0.4, -0.2) is 38.4 Å². The van der Waals surface area contributed by atoms with Crippen LogP contribution < -0.4 is 0 Å². The maximum Gasteiger partial charge on any atom is 0.273 e. The van der Waals surface area contributed by atoms with E-state index in [2.05, 4.69) is 15.6 Å². The Balaban J connectivity index is 1.42. The molecule has 1 aliphatic heterocycles. The largest absolute Gasteiger partial charge is 0.339 e. The summed E-state index contributed by atoms with van der Waals surface area (Å²) in [4.78, 5) is 29.8. The minimum atomic E-state index is -0.437. The zero-order valence-electron chi connectivity index (χ0n) is 15.7. The van der Waals surface area contributed by atoms with E-state index < -0.39 is 4.92 Å². The van der Waals surface area contributed by atoms with Crippen LogP contribution in [0.3, 0.4) is 0 Å². The van der Waals surface area contributed by atoms with E-state index >= 15 is 0 Å². The molecule has 2 heterocycles. The van der Waals surface area contributed by atoms with Crippen molar-refractivity contribution in [3.8, 4) is 0 Å². The molecule has 3 aromatic rings. The first kappa shape index (κ1) is 18.2. The minimum Gasteiger partial charge on any atom is -0.339 e. The smallest absolute Gasteiger partial charge is 0.273 e. The molecule has 0 aliphatic carbocycles. The van der Waals surface area contributed by atoms with Gasteiger partial charge in [-0.05, 0) is 43.9 Å². The molecule has 0 spiro atoms. The molecule has 144 valence electrons. The lowest BCUT2D eigenvalue weighted by Crippen LogP contribution is -2.39. The van der Waals surface area contributed by atoms with Crippen LogP contribution >= 0.6 is 0 Å². The summed E-state index contributed by atoms with van der Waals surface area (Å²) in [5.41, 5.74) is 2.98. The van der Waals surface area contributed by atoms with E-state index in [4.69, 9.17) is 0 Å². The van der Waals surface area contributed by atoms with Crippen molar-refractivity contribution in [2.75, 3.05) is 13.1 Å². The van der Waals surface area contributed by atoms with Gasteiger partial charge in [-0.1, -0.05) is 18.2 Å². The number of amides is 1. The molecule has 1 aromatic heterocycles. The number of nitro benzene ring substituents is 1.